The number of rotatable bonds is 9. The van der Waals surface area contributed by atoms with Crippen LogP contribution in [0.1, 0.15) is 38.2 Å². The van der Waals surface area contributed by atoms with Gasteiger partial charge >= 0.3 is 0 Å². The molecule has 0 atom stereocenters. The predicted molar refractivity (Wildman–Crippen MR) is 105 cm³/mol. The minimum atomic E-state index is 0. The summed E-state index contributed by atoms with van der Waals surface area (Å²) in [6, 6.07) is 0. The van der Waals surface area contributed by atoms with Crippen molar-refractivity contribution >= 4 is 29.9 Å². The quantitative estimate of drug-likeness (QED) is 0.220. The van der Waals surface area contributed by atoms with E-state index in [0.717, 1.165) is 31.0 Å². The van der Waals surface area contributed by atoms with Gasteiger partial charge in [0.2, 0.25) is 0 Å². The second kappa shape index (κ2) is 12.5. The molecule has 0 saturated carbocycles. The van der Waals surface area contributed by atoms with Crippen molar-refractivity contribution in [2.75, 3.05) is 20.1 Å². The maximum Gasteiger partial charge on any atom is 0.193 e. The van der Waals surface area contributed by atoms with E-state index >= 15 is 0 Å². The van der Waals surface area contributed by atoms with E-state index in [0.29, 0.717) is 6.54 Å². The van der Waals surface area contributed by atoms with Crippen molar-refractivity contribution in [2.45, 2.75) is 39.2 Å². The maximum absolute atomic E-state index is 4.67. The fourth-order valence-corrected chi connectivity index (χ4v) is 2.11. The Morgan fingerprint density at radius 3 is 2.82 bits per heavy atom. The molecule has 0 aliphatic carbocycles. The average Bonchev–Trinajstić information content (AvgIpc) is 2.88. The van der Waals surface area contributed by atoms with Crippen LogP contribution in [0.5, 0.6) is 0 Å². The number of hydrogen-bond donors (Lipinski definition) is 1. The molecule has 1 heterocycles. The lowest BCUT2D eigenvalue weighted by atomic mass is 10.2. The molecule has 0 amide bonds. The summed E-state index contributed by atoms with van der Waals surface area (Å²) in [5, 5.41) is 7.51. The zero-order valence-electron chi connectivity index (χ0n) is 14.1. The number of unbranched alkanes of at least 4 members (excludes halogenated alkanes) is 3. The van der Waals surface area contributed by atoms with Crippen LogP contribution in [0.15, 0.2) is 30.0 Å². The summed E-state index contributed by atoms with van der Waals surface area (Å²) in [7, 11) is 4.02. The summed E-state index contributed by atoms with van der Waals surface area (Å²) in [6.07, 6.45) is 10.6. The van der Waals surface area contributed by atoms with Gasteiger partial charge in [-0.25, -0.2) is 4.99 Å². The van der Waals surface area contributed by atoms with E-state index in [1.165, 1.54) is 19.3 Å². The van der Waals surface area contributed by atoms with E-state index < -0.39 is 0 Å². The highest BCUT2D eigenvalue weighted by Crippen LogP contribution is 2.03. The number of nitrogens with one attached hydrogen (secondary N) is 1. The number of aliphatic imine (C=N–C) groups is 1. The molecule has 5 nitrogen and oxygen atoms in total. The van der Waals surface area contributed by atoms with Crippen molar-refractivity contribution in [3.63, 3.8) is 0 Å². The molecule has 0 aliphatic heterocycles. The number of guanidine groups is 1. The first kappa shape index (κ1) is 20.9. The van der Waals surface area contributed by atoms with Crippen LogP contribution in [0.3, 0.4) is 0 Å². The number of aromatic nitrogens is 2. The van der Waals surface area contributed by atoms with Gasteiger partial charge in [-0.15, -0.1) is 30.6 Å². The van der Waals surface area contributed by atoms with Crippen LogP contribution in [-0.4, -0.2) is 40.8 Å². The van der Waals surface area contributed by atoms with E-state index in [-0.39, 0.29) is 24.0 Å². The summed E-state index contributed by atoms with van der Waals surface area (Å²) >= 11 is 0. The largest absolute Gasteiger partial charge is 0.357 e. The second-order valence-corrected chi connectivity index (χ2v) is 5.25. The molecule has 0 aliphatic rings. The molecule has 0 fully saturated rings. The van der Waals surface area contributed by atoms with Gasteiger partial charge in [0.15, 0.2) is 5.96 Å². The maximum atomic E-state index is 4.67. The Balaban J connectivity index is 0.00000441. The third-order valence-electron chi connectivity index (χ3n) is 3.27. The molecule has 1 aromatic heterocycles. The first-order valence-electron chi connectivity index (χ1n) is 7.75. The van der Waals surface area contributed by atoms with E-state index in [1.54, 1.807) is 4.68 Å². The summed E-state index contributed by atoms with van der Waals surface area (Å²) in [4.78, 5) is 6.88. The molecule has 1 N–H and O–H groups in total. The van der Waals surface area contributed by atoms with Gasteiger partial charge in [0.05, 0.1) is 12.7 Å². The van der Waals surface area contributed by atoms with Crippen LogP contribution in [0.4, 0.5) is 0 Å². The van der Waals surface area contributed by atoms with Crippen LogP contribution >= 0.6 is 24.0 Å². The van der Waals surface area contributed by atoms with E-state index in [4.69, 9.17) is 0 Å². The van der Waals surface area contributed by atoms with Crippen LogP contribution in [0.2, 0.25) is 0 Å². The zero-order chi connectivity index (χ0) is 15.5. The van der Waals surface area contributed by atoms with Crippen LogP contribution in [0, 0.1) is 0 Å². The molecule has 0 unspecified atom stereocenters. The van der Waals surface area contributed by atoms with E-state index in [9.17, 15) is 0 Å². The highest BCUT2D eigenvalue weighted by atomic mass is 127. The Kier molecular flexibility index (Phi) is 11.9. The standard InChI is InChI=1S/C16H29N5.HI/c1-5-7-8-9-10-11-20(3)16(17-6-2)18-12-15-13-19-21(4)14-15;/h5,13-14H,1,6-12H2,2-4H3,(H,17,18);1H. The third-order valence-corrected chi connectivity index (χ3v) is 3.27. The van der Waals surface area contributed by atoms with Crippen molar-refractivity contribution in [3.05, 3.63) is 30.6 Å². The molecular weight excluding hydrogens is 389 g/mol. The first-order valence-corrected chi connectivity index (χ1v) is 7.75. The Hall–Kier alpha value is -1.05. The molecule has 126 valence electrons. The minimum Gasteiger partial charge on any atom is -0.357 e. The van der Waals surface area contributed by atoms with Gasteiger partial charge in [0, 0.05) is 38.9 Å². The molecule has 0 saturated heterocycles. The number of halogens is 1. The summed E-state index contributed by atoms with van der Waals surface area (Å²) < 4.78 is 1.81. The summed E-state index contributed by atoms with van der Waals surface area (Å²) in [5.41, 5.74) is 1.13. The number of allylic oxidation sites excluding steroid dienone is 1. The van der Waals surface area contributed by atoms with Gasteiger partial charge in [-0.3, -0.25) is 4.68 Å². The molecule has 6 heteroatoms. The fourth-order valence-electron chi connectivity index (χ4n) is 2.11. The Labute approximate surface area is 151 Å². The molecule has 0 aromatic carbocycles. The SMILES string of the molecule is C=CCCCCCN(C)C(=NCc1cnn(C)c1)NCC.I. The second-order valence-electron chi connectivity index (χ2n) is 5.25. The highest BCUT2D eigenvalue weighted by molar-refractivity contribution is 14.0. The van der Waals surface area contributed by atoms with Crippen LogP contribution in [-0.2, 0) is 13.6 Å². The molecule has 22 heavy (non-hydrogen) atoms. The smallest absolute Gasteiger partial charge is 0.193 e. The number of nitrogens with zero attached hydrogens (tertiary/aromatic N) is 4. The summed E-state index contributed by atoms with van der Waals surface area (Å²) in [6.45, 7) is 8.42. The van der Waals surface area contributed by atoms with Crippen molar-refractivity contribution in [3.8, 4) is 0 Å². The first-order chi connectivity index (χ1) is 10.2. The van der Waals surface area contributed by atoms with Gasteiger partial charge in [0.25, 0.3) is 0 Å². The van der Waals surface area contributed by atoms with Crippen LogP contribution < -0.4 is 5.32 Å². The van der Waals surface area contributed by atoms with Crippen molar-refractivity contribution in [1.29, 1.82) is 0 Å². The molecule has 0 spiro atoms. The van der Waals surface area contributed by atoms with E-state index in [2.05, 4.69) is 40.9 Å². The third kappa shape index (κ3) is 8.41. The molecule has 0 radical (unpaired) electrons. The Bertz CT molecular complexity index is 441. The molecule has 0 bridgehead atoms. The predicted octanol–water partition coefficient (Wildman–Crippen LogP) is 3.18. The van der Waals surface area contributed by atoms with Crippen molar-refractivity contribution in [2.24, 2.45) is 12.0 Å². The van der Waals surface area contributed by atoms with Gasteiger partial charge in [-0.05, 0) is 26.2 Å². The lowest BCUT2D eigenvalue weighted by Crippen LogP contribution is -2.39. The fraction of sp³-hybridized carbons (Fsp3) is 0.625. The van der Waals surface area contributed by atoms with E-state index in [1.807, 2.05) is 25.5 Å². The zero-order valence-corrected chi connectivity index (χ0v) is 16.4. The van der Waals surface area contributed by atoms with Crippen LogP contribution in [0.25, 0.3) is 0 Å². The lowest BCUT2D eigenvalue weighted by Gasteiger charge is -2.21. The minimum absolute atomic E-state index is 0. The summed E-state index contributed by atoms with van der Waals surface area (Å²) in [5.74, 6) is 0.963. The Morgan fingerprint density at radius 2 is 2.23 bits per heavy atom. The molecule has 1 aromatic rings. The number of aryl methyl sites for hydroxylation is 1. The van der Waals surface area contributed by atoms with Crippen molar-refractivity contribution in [1.82, 2.24) is 20.0 Å². The number of hydrogen-bond acceptors (Lipinski definition) is 2. The topological polar surface area (TPSA) is 45.5 Å². The van der Waals surface area contributed by atoms with Gasteiger partial charge in [0.1, 0.15) is 0 Å². The Morgan fingerprint density at radius 1 is 1.45 bits per heavy atom. The van der Waals surface area contributed by atoms with Gasteiger partial charge in [-0.1, -0.05) is 12.5 Å². The normalized spacial score (nSPS) is 11.0. The van der Waals surface area contributed by atoms with Gasteiger partial charge < -0.3 is 10.2 Å². The molecule has 1 rings (SSSR count). The van der Waals surface area contributed by atoms with Gasteiger partial charge in [-0.2, -0.15) is 5.10 Å². The highest BCUT2D eigenvalue weighted by Gasteiger charge is 2.05. The average molecular weight is 419 g/mol. The lowest BCUT2D eigenvalue weighted by molar-refractivity contribution is 0.455. The monoisotopic (exact) mass is 419 g/mol. The molecular formula is C16H30IN5. The van der Waals surface area contributed by atoms with Crippen molar-refractivity contribution < 1.29 is 0 Å².